The molecule has 0 radical (unpaired) electrons. The summed E-state index contributed by atoms with van der Waals surface area (Å²) in [5.41, 5.74) is 2.43. The van der Waals surface area contributed by atoms with Crippen LogP contribution >= 0.6 is 11.6 Å². The summed E-state index contributed by atoms with van der Waals surface area (Å²) in [6.07, 6.45) is -4.41. The molecular formula is C25H31ClO8. The summed E-state index contributed by atoms with van der Waals surface area (Å²) in [5.74, 6) is 0.746. The minimum atomic E-state index is -1.43. The normalized spacial score (nSPS) is 29.3. The molecule has 34 heavy (non-hydrogen) atoms. The lowest BCUT2D eigenvalue weighted by molar-refractivity contribution is -0.231. The molecule has 4 rings (SSSR count). The van der Waals surface area contributed by atoms with Crippen LogP contribution in [0.5, 0.6) is 5.75 Å². The van der Waals surface area contributed by atoms with Gasteiger partial charge in [0.2, 0.25) is 0 Å². The van der Waals surface area contributed by atoms with Gasteiger partial charge in [0.1, 0.15) is 42.9 Å². The molecule has 0 saturated carbocycles. The Labute approximate surface area is 203 Å². The topological polar surface area (TPSA) is 118 Å². The third kappa shape index (κ3) is 6.08. The molecule has 2 aromatic rings. The van der Waals surface area contributed by atoms with Crippen LogP contribution in [0.15, 0.2) is 42.5 Å². The van der Waals surface area contributed by atoms with Crippen LogP contribution < -0.4 is 4.74 Å². The van der Waals surface area contributed by atoms with Gasteiger partial charge in [-0.05, 0) is 47.7 Å². The van der Waals surface area contributed by atoms with Gasteiger partial charge in [-0.15, -0.1) is 0 Å². The molecule has 6 atom stereocenters. The lowest BCUT2D eigenvalue weighted by Gasteiger charge is -2.40. The summed E-state index contributed by atoms with van der Waals surface area (Å²) in [6.45, 7) is 1.90. The third-order valence-corrected chi connectivity index (χ3v) is 6.57. The zero-order valence-electron chi connectivity index (χ0n) is 18.8. The highest BCUT2D eigenvalue weighted by molar-refractivity contribution is 6.31. The molecule has 9 heteroatoms. The van der Waals surface area contributed by atoms with E-state index in [1.54, 1.807) is 12.1 Å². The summed E-state index contributed by atoms with van der Waals surface area (Å²) in [5, 5.41) is 40.5. The molecule has 186 valence electrons. The van der Waals surface area contributed by atoms with Gasteiger partial charge < -0.3 is 39.4 Å². The Morgan fingerprint density at radius 1 is 0.971 bits per heavy atom. The fourth-order valence-corrected chi connectivity index (χ4v) is 4.41. The molecule has 2 heterocycles. The van der Waals surface area contributed by atoms with Crippen LogP contribution in [-0.2, 0) is 20.6 Å². The Morgan fingerprint density at radius 3 is 2.47 bits per heavy atom. The van der Waals surface area contributed by atoms with Crippen molar-refractivity contribution in [3.8, 4) is 5.75 Å². The lowest BCUT2D eigenvalue weighted by atomic mass is 9.90. The van der Waals surface area contributed by atoms with Crippen LogP contribution in [0.25, 0.3) is 0 Å². The molecule has 0 spiro atoms. The molecule has 0 bridgehead atoms. The highest BCUT2D eigenvalue weighted by Crippen LogP contribution is 2.34. The van der Waals surface area contributed by atoms with E-state index in [0.717, 1.165) is 29.9 Å². The molecule has 8 nitrogen and oxygen atoms in total. The van der Waals surface area contributed by atoms with Gasteiger partial charge in [0.25, 0.3) is 0 Å². The zero-order valence-corrected chi connectivity index (χ0v) is 19.5. The first-order valence-electron chi connectivity index (χ1n) is 11.5. The molecule has 2 saturated heterocycles. The van der Waals surface area contributed by atoms with Crippen LogP contribution in [0.4, 0.5) is 0 Å². The maximum absolute atomic E-state index is 10.4. The van der Waals surface area contributed by atoms with Crippen molar-refractivity contribution >= 4 is 11.6 Å². The quantitative estimate of drug-likeness (QED) is 0.389. The predicted octanol–water partition coefficient (Wildman–Crippen LogP) is 1.63. The van der Waals surface area contributed by atoms with Gasteiger partial charge in [0.05, 0.1) is 25.9 Å². The third-order valence-electron chi connectivity index (χ3n) is 6.20. The Kier molecular flexibility index (Phi) is 8.79. The van der Waals surface area contributed by atoms with E-state index < -0.39 is 37.1 Å². The van der Waals surface area contributed by atoms with Gasteiger partial charge in [-0.25, -0.2) is 0 Å². The smallest absolute Gasteiger partial charge is 0.119 e. The molecule has 0 amide bonds. The van der Waals surface area contributed by atoms with Crippen molar-refractivity contribution in [3.05, 3.63) is 64.2 Å². The summed E-state index contributed by atoms with van der Waals surface area (Å²) in [4.78, 5) is 0. The summed E-state index contributed by atoms with van der Waals surface area (Å²) < 4.78 is 22.4. The minimum absolute atomic E-state index is 0.162. The first-order valence-corrected chi connectivity index (χ1v) is 11.8. The number of ether oxygens (including phenoxy) is 4. The van der Waals surface area contributed by atoms with E-state index in [1.165, 1.54) is 0 Å². The number of benzene rings is 2. The molecule has 0 unspecified atom stereocenters. The molecule has 2 aromatic carbocycles. The minimum Gasteiger partial charge on any atom is -0.491 e. The highest BCUT2D eigenvalue weighted by atomic mass is 35.5. The standard InChI is InChI=1S/C25H31ClO8/c26-20-6-3-16(25-24(30)23(29)22(28)21(13-27)34-25)12-17(20)11-15-1-4-18(5-2-15)32-9-10-33-19-7-8-31-14-19/h1-6,12,19,21-25,27-30H,7-11,13-14H2/t19-,21-,22-,23+,24-,25+/m1/s1. The Morgan fingerprint density at radius 2 is 1.76 bits per heavy atom. The van der Waals surface area contributed by atoms with Gasteiger partial charge in [0.15, 0.2) is 0 Å². The van der Waals surface area contributed by atoms with E-state index in [2.05, 4.69) is 0 Å². The highest BCUT2D eigenvalue weighted by Gasteiger charge is 2.44. The molecule has 2 aliphatic heterocycles. The average molecular weight is 495 g/mol. The predicted molar refractivity (Wildman–Crippen MR) is 124 cm³/mol. The fraction of sp³-hybridized carbons (Fsp3) is 0.520. The summed E-state index contributed by atoms with van der Waals surface area (Å²) >= 11 is 6.42. The maximum atomic E-state index is 10.4. The number of aliphatic hydroxyl groups excluding tert-OH is 4. The molecule has 2 fully saturated rings. The van der Waals surface area contributed by atoms with Gasteiger partial charge in [-0.3, -0.25) is 0 Å². The number of hydrogen-bond acceptors (Lipinski definition) is 8. The van der Waals surface area contributed by atoms with Crippen molar-refractivity contribution in [1.82, 2.24) is 0 Å². The Hall–Kier alpha value is -1.75. The van der Waals surface area contributed by atoms with Crippen LogP contribution in [-0.4, -0.2) is 84.0 Å². The number of aliphatic hydroxyl groups is 4. The molecular weight excluding hydrogens is 464 g/mol. The largest absolute Gasteiger partial charge is 0.491 e. The number of hydrogen-bond donors (Lipinski definition) is 4. The maximum Gasteiger partial charge on any atom is 0.119 e. The van der Waals surface area contributed by atoms with Gasteiger partial charge in [0, 0.05) is 11.6 Å². The van der Waals surface area contributed by atoms with E-state index in [-0.39, 0.29) is 6.10 Å². The lowest BCUT2D eigenvalue weighted by Crippen LogP contribution is -2.55. The second-order valence-corrected chi connectivity index (χ2v) is 9.03. The Bertz CT molecular complexity index is 916. The van der Waals surface area contributed by atoms with Crippen molar-refractivity contribution in [3.63, 3.8) is 0 Å². The Balaban J connectivity index is 1.36. The van der Waals surface area contributed by atoms with Crippen molar-refractivity contribution in [2.75, 3.05) is 33.0 Å². The van der Waals surface area contributed by atoms with Gasteiger partial charge >= 0.3 is 0 Å². The van der Waals surface area contributed by atoms with E-state index in [4.69, 9.17) is 30.5 Å². The van der Waals surface area contributed by atoms with Gasteiger partial charge in [-0.1, -0.05) is 35.9 Å². The second-order valence-electron chi connectivity index (χ2n) is 8.63. The first kappa shape index (κ1) is 25.3. The molecule has 2 aliphatic rings. The van der Waals surface area contributed by atoms with Gasteiger partial charge in [-0.2, -0.15) is 0 Å². The second kappa shape index (κ2) is 11.8. The zero-order chi connectivity index (χ0) is 24.1. The number of halogens is 1. The van der Waals surface area contributed by atoms with Crippen LogP contribution in [0, 0.1) is 0 Å². The van der Waals surface area contributed by atoms with E-state index in [9.17, 15) is 20.4 Å². The first-order chi connectivity index (χ1) is 16.5. The van der Waals surface area contributed by atoms with Crippen molar-refractivity contribution in [2.24, 2.45) is 0 Å². The van der Waals surface area contributed by atoms with Crippen LogP contribution in [0.2, 0.25) is 5.02 Å². The molecule has 0 aromatic heterocycles. The van der Waals surface area contributed by atoms with E-state index >= 15 is 0 Å². The average Bonchev–Trinajstić information content (AvgIpc) is 3.37. The molecule has 0 aliphatic carbocycles. The summed E-state index contributed by atoms with van der Waals surface area (Å²) in [6, 6.07) is 12.9. The van der Waals surface area contributed by atoms with E-state index in [0.29, 0.717) is 36.8 Å². The summed E-state index contributed by atoms with van der Waals surface area (Å²) in [7, 11) is 0. The fourth-order valence-electron chi connectivity index (χ4n) is 4.23. The van der Waals surface area contributed by atoms with Crippen molar-refractivity contribution in [1.29, 1.82) is 0 Å². The number of rotatable bonds is 9. The van der Waals surface area contributed by atoms with Crippen molar-refractivity contribution in [2.45, 2.75) is 49.5 Å². The van der Waals surface area contributed by atoms with E-state index in [1.807, 2.05) is 30.3 Å². The monoisotopic (exact) mass is 494 g/mol. The van der Waals surface area contributed by atoms with Crippen LogP contribution in [0.3, 0.4) is 0 Å². The SMILES string of the molecule is OC[C@H]1O[C@@H](c2ccc(Cl)c(Cc3ccc(OCCO[C@@H]4CCOC4)cc3)c2)[C@H](O)[C@@H](O)[C@@H]1O. The molecule has 4 N–H and O–H groups in total. The van der Waals surface area contributed by atoms with Crippen LogP contribution in [0.1, 0.15) is 29.2 Å². The van der Waals surface area contributed by atoms with Crippen molar-refractivity contribution < 1.29 is 39.4 Å².